The minimum atomic E-state index is -0.194. The van der Waals surface area contributed by atoms with E-state index in [2.05, 4.69) is 19.2 Å². The summed E-state index contributed by atoms with van der Waals surface area (Å²) in [6.07, 6.45) is 4.78. The summed E-state index contributed by atoms with van der Waals surface area (Å²) >= 11 is 0. The zero-order valence-electron chi connectivity index (χ0n) is 13.0. The molecule has 0 spiro atoms. The van der Waals surface area contributed by atoms with E-state index in [1.54, 1.807) is 13.2 Å². The Morgan fingerprint density at radius 1 is 1.30 bits per heavy atom. The van der Waals surface area contributed by atoms with Crippen LogP contribution in [-0.2, 0) is 0 Å². The smallest absolute Gasteiger partial charge is 0.131 e. The molecule has 0 heterocycles. The van der Waals surface area contributed by atoms with Gasteiger partial charge in [0.05, 0.1) is 7.11 Å². The average Bonchev–Trinajstić information content (AvgIpc) is 2.40. The quantitative estimate of drug-likeness (QED) is 0.879. The molecule has 1 atom stereocenters. The summed E-state index contributed by atoms with van der Waals surface area (Å²) in [5.41, 5.74) is 1.09. The van der Waals surface area contributed by atoms with E-state index in [-0.39, 0.29) is 11.9 Å². The van der Waals surface area contributed by atoms with Crippen LogP contribution in [0.4, 0.5) is 4.39 Å². The third-order valence-corrected chi connectivity index (χ3v) is 4.49. The monoisotopic (exact) mass is 279 g/mol. The van der Waals surface area contributed by atoms with E-state index in [1.165, 1.54) is 18.9 Å². The topological polar surface area (TPSA) is 21.3 Å². The second-order valence-corrected chi connectivity index (χ2v) is 6.68. The molecule has 0 saturated heterocycles. The van der Waals surface area contributed by atoms with E-state index < -0.39 is 0 Å². The molecule has 0 bridgehead atoms. The fourth-order valence-corrected chi connectivity index (χ4v) is 3.12. The Morgan fingerprint density at radius 3 is 2.55 bits per heavy atom. The third-order valence-electron chi connectivity index (χ3n) is 4.49. The molecule has 0 aliphatic heterocycles. The zero-order valence-corrected chi connectivity index (χ0v) is 13.0. The maximum absolute atomic E-state index is 14.0. The van der Waals surface area contributed by atoms with Gasteiger partial charge in [-0.25, -0.2) is 4.39 Å². The van der Waals surface area contributed by atoms with E-state index >= 15 is 0 Å². The Hall–Kier alpha value is -1.09. The van der Waals surface area contributed by atoms with Crippen LogP contribution >= 0.6 is 0 Å². The summed E-state index contributed by atoms with van der Waals surface area (Å²) in [4.78, 5) is 0. The van der Waals surface area contributed by atoms with Gasteiger partial charge in [-0.1, -0.05) is 19.9 Å². The Morgan fingerprint density at radius 2 is 1.95 bits per heavy atom. The number of halogens is 1. The van der Waals surface area contributed by atoms with Gasteiger partial charge in [0, 0.05) is 17.6 Å². The van der Waals surface area contributed by atoms with Crippen molar-refractivity contribution in [1.29, 1.82) is 0 Å². The summed E-state index contributed by atoms with van der Waals surface area (Å²) in [5.74, 6) is 0.432. The molecule has 1 unspecified atom stereocenters. The standard InChI is InChI=1S/C17H26FNO/c1-12(16-14(18)6-5-7-15(16)20-4)19-13-8-10-17(2,3)11-9-13/h5-7,12-13,19H,8-11H2,1-4H3. The third kappa shape index (κ3) is 3.51. The molecule has 1 aromatic rings. The highest BCUT2D eigenvalue weighted by Crippen LogP contribution is 2.36. The molecule has 1 saturated carbocycles. The van der Waals surface area contributed by atoms with E-state index in [0.29, 0.717) is 22.8 Å². The molecule has 2 rings (SSSR count). The van der Waals surface area contributed by atoms with Crippen molar-refractivity contribution in [1.82, 2.24) is 5.32 Å². The van der Waals surface area contributed by atoms with E-state index in [4.69, 9.17) is 4.74 Å². The summed E-state index contributed by atoms with van der Waals surface area (Å²) in [5, 5.41) is 3.57. The molecule has 0 radical (unpaired) electrons. The number of benzene rings is 1. The number of ether oxygens (including phenoxy) is 1. The number of rotatable bonds is 4. The van der Waals surface area contributed by atoms with Gasteiger partial charge in [0.1, 0.15) is 11.6 Å². The first-order chi connectivity index (χ1) is 9.43. The van der Waals surface area contributed by atoms with Gasteiger partial charge in [-0.3, -0.25) is 0 Å². The summed E-state index contributed by atoms with van der Waals surface area (Å²) in [6.45, 7) is 6.67. The molecule has 1 aliphatic carbocycles. The molecule has 1 fully saturated rings. The lowest BCUT2D eigenvalue weighted by Crippen LogP contribution is -2.37. The van der Waals surface area contributed by atoms with Crippen LogP contribution in [-0.4, -0.2) is 13.2 Å². The molecular weight excluding hydrogens is 253 g/mol. The second-order valence-electron chi connectivity index (χ2n) is 6.68. The lowest BCUT2D eigenvalue weighted by atomic mass is 9.75. The average molecular weight is 279 g/mol. The largest absolute Gasteiger partial charge is 0.496 e. The van der Waals surface area contributed by atoms with Gasteiger partial charge in [0.15, 0.2) is 0 Å². The predicted octanol–water partition coefficient (Wildman–Crippen LogP) is 4.45. The van der Waals surface area contributed by atoms with Crippen LogP contribution in [0.2, 0.25) is 0 Å². The highest BCUT2D eigenvalue weighted by Gasteiger charge is 2.28. The van der Waals surface area contributed by atoms with Crippen molar-refractivity contribution in [2.24, 2.45) is 5.41 Å². The van der Waals surface area contributed by atoms with Crippen LogP contribution in [0.1, 0.15) is 58.1 Å². The van der Waals surface area contributed by atoms with Gasteiger partial charge >= 0.3 is 0 Å². The molecule has 0 amide bonds. The predicted molar refractivity (Wildman–Crippen MR) is 80.5 cm³/mol. The fourth-order valence-electron chi connectivity index (χ4n) is 3.12. The Balaban J connectivity index is 2.04. The Bertz CT molecular complexity index is 448. The van der Waals surface area contributed by atoms with Crippen molar-refractivity contribution in [3.63, 3.8) is 0 Å². The number of hydrogen-bond donors (Lipinski definition) is 1. The highest BCUT2D eigenvalue weighted by atomic mass is 19.1. The number of nitrogens with one attached hydrogen (secondary N) is 1. The molecule has 112 valence electrons. The first-order valence-electron chi connectivity index (χ1n) is 7.51. The molecule has 2 nitrogen and oxygen atoms in total. The van der Waals surface area contributed by atoms with Crippen LogP contribution in [0.15, 0.2) is 18.2 Å². The van der Waals surface area contributed by atoms with Gasteiger partial charge in [0.2, 0.25) is 0 Å². The second kappa shape index (κ2) is 6.13. The van der Waals surface area contributed by atoms with Gasteiger partial charge in [-0.05, 0) is 50.2 Å². The van der Waals surface area contributed by atoms with Gasteiger partial charge in [0.25, 0.3) is 0 Å². The first kappa shape index (κ1) is 15.3. The Labute approximate surface area is 121 Å². The van der Waals surface area contributed by atoms with Crippen LogP contribution in [0.5, 0.6) is 5.75 Å². The normalized spacial score (nSPS) is 20.6. The van der Waals surface area contributed by atoms with Crippen LogP contribution < -0.4 is 10.1 Å². The van der Waals surface area contributed by atoms with Gasteiger partial charge in [-0.2, -0.15) is 0 Å². The number of hydrogen-bond acceptors (Lipinski definition) is 2. The lowest BCUT2D eigenvalue weighted by Gasteiger charge is -2.36. The zero-order chi connectivity index (χ0) is 14.8. The van der Waals surface area contributed by atoms with Crippen molar-refractivity contribution in [3.05, 3.63) is 29.6 Å². The molecular formula is C17H26FNO. The summed E-state index contributed by atoms with van der Waals surface area (Å²) in [6, 6.07) is 5.45. The highest BCUT2D eigenvalue weighted by molar-refractivity contribution is 5.37. The van der Waals surface area contributed by atoms with Gasteiger partial charge < -0.3 is 10.1 Å². The van der Waals surface area contributed by atoms with Crippen molar-refractivity contribution in [2.75, 3.05) is 7.11 Å². The SMILES string of the molecule is COc1cccc(F)c1C(C)NC1CCC(C)(C)CC1. The summed E-state index contributed by atoms with van der Waals surface area (Å²) in [7, 11) is 1.59. The summed E-state index contributed by atoms with van der Waals surface area (Å²) < 4.78 is 19.3. The first-order valence-corrected chi connectivity index (χ1v) is 7.51. The minimum absolute atomic E-state index is 0.0302. The molecule has 1 aromatic carbocycles. The fraction of sp³-hybridized carbons (Fsp3) is 0.647. The van der Waals surface area contributed by atoms with Crippen molar-refractivity contribution >= 4 is 0 Å². The van der Waals surface area contributed by atoms with Gasteiger partial charge in [-0.15, -0.1) is 0 Å². The van der Waals surface area contributed by atoms with E-state index in [0.717, 1.165) is 12.8 Å². The van der Waals surface area contributed by atoms with E-state index in [9.17, 15) is 4.39 Å². The molecule has 1 aliphatic rings. The van der Waals surface area contributed by atoms with Crippen LogP contribution in [0.25, 0.3) is 0 Å². The van der Waals surface area contributed by atoms with Crippen LogP contribution in [0, 0.1) is 11.2 Å². The Kier molecular flexibility index (Phi) is 4.69. The lowest BCUT2D eigenvalue weighted by molar-refractivity contribution is 0.199. The maximum atomic E-state index is 14.0. The van der Waals surface area contributed by atoms with Crippen molar-refractivity contribution < 1.29 is 9.13 Å². The number of methoxy groups -OCH3 is 1. The molecule has 20 heavy (non-hydrogen) atoms. The molecule has 3 heteroatoms. The minimum Gasteiger partial charge on any atom is -0.496 e. The van der Waals surface area contributed by atoms with Crippen LogP contribution in [0.3, 0.4) is 0 Å². The molecule has 0 aromatic heterocycles. The van der Waals surface area contributed by atoms with Crippen molar-refractivity contribution in [3.8, 4) is 5.75 Å². The maximum Gasteiger partial charge on any atom is 0.131 e. The van der Waals surface area contributed by atoms with Crippen molar-refractivity contribution in [2.45, 2.75) is 58.5 Å². The molecule has 1 N–H and O–H groups in total. The van der Waals surface area contributed by atoms with E-state index in [1.807, 2.05) is 13.0 Å².